The molecule has 0 aliphatic rings. The molecule has 2 aromatic heterocycles. The summed E-state index contributed by atoms with van der Waals surface area (Å²) in [6.45, 7) is 10.4. The molecule has 0 saturated carbocycles. The largest absolute Gasteiger partial charge is 0.382 e. The number of anilines is 1. The Morgan fingerprint density at radius 2 is 1.84 bits per heavy atom. The summed E-state index contributed by atoms with van der Waals surface area (Å²) in [5.74, 6) is 1.84. The van der Waals surface area contributed by atoms with Crippen LogP contribution in [0.25, 0.3) is 11.0 Å². The van der Waals surface area contributed by atoms with E-state index in [1.165, 1.54) is 5.56 Å². The molecule has 25 heavy (non-hydrogen) atoms. The van der Waals surface area contributed by atoms with E-state index in [0.717, 1.165) is 34.7 Å². The number of aromatic nitrogens is 3. The van der Waals surface area contributed by atoms with Crippen molar-refractivity contribution in [2.45, 2.75) is 46.8 Å². The van der Waals surface area contributed by atoms with Crippen LogP contribution in [0.4, 0.5) is 5.82 Å². The average molecular weight is 338 g/mol. The van der Waals surface area contributed by atoms with Crippen LogP contribution in [0.15, 0.2) is 30.3 Å². The van der Waals surface area contributed by atoms with E-state index in [9.17, 15) is 0 Å². The smallest absolute Gasteiger partial charge is 0.151 e. The minimum atomic E-state index is 0.306. The van der Waals surface area contributed by atoms with Gasteiger partial charge >= 0.3 is 0 Å². The van der Waals surface area contributed by atoms with Crippen molar-refractivity contribution in [2.24, 2.45) is 0 Å². The van der Waals surface area contributed by atoms with Crippen LogP contribution in [0.3, 0.4) is 0 Å². The van der Waals surface area contributed by atoms with Crippen molar-refractivity contribution in [3.63, 3.8) is 0 Å². The zero-order valence-electron chi connectivity index (χ0n) is 15.4. The highest BCUT2D eigenvalue weighted by atomic mass is 16.5. The molecule has 0 aliphatic carbocycles. The highest BCUT2D eigenvalue weighted by Gasteiger charge is 2.19. The van der Waals surface area contributed by atoms with E-state index in [1.807, 2.05) is 25.1 Å². The second-order valence-corrected chi connectivity index (χ2v) is 6.72. The van der Waals surface area contributed by atoms with Crippen LogP contribution in [0.5, 0.6) is 0 Å². The summed E-state index contributed by atoms with van der Waals surface area (Å²) in [6, 6.07) is 10.2. The van der Waals surface area contributed by atoms with Crippen LogP contribution >= 0.6 is 0 Å². The molecule has 0 fully saturated rings. The number of fused-ring (bicyclic) bond motifs is 1. The van der Waals surface area contributed by atoms with Gasteiger partial charge in [-0.2, -0.15) is 0 Å². The number of hydrogen-bond donors (Lipinski definition) is 1. The molecule has 5 heteroatoms. The molecule has 0 amide bonds. The van der Waals surface area contributed by atoms with E-state index >= 15 is 0 Å². The molecule has 0 spiro atoms. The van der Waals surface area contributed by atoms with Crippen LogP contribution in [0.1, 0.15) is 42.4 Å². The summed E-state index contributed by atoms with van der Waals surface area (Å²) in [4.78, 5) is 9.19. The maximum Gasteiger partial charge on any atom is 0.151 e. The molecule has 1 aromatic carbocycles. The molecule has 2 N–H and O–H groups in total. The van der Waals surface area contributed by atoms with Crippen molar-refractivity contribution in [1.29, 1.82) is 0 Å². The van der Waals surface area contributed by atoms with Gasteiger partial charge in [-0.05, 0) is 25.0 Å². The first-order chi connectivity index (χ1) is 12.0. The summed E-state index contributed by atoms with van der Waals surface area (Å²) >= 11 is 0. The Kier molecular flexibility index (Phi) is 5.04. The Morgan fingerprint density at radius 1 is 1.12 bits per heavy atom. The van der Waals surface area contributed by atoms with E-state index < -0.39 is 0 Å². The Labute approximate surface area is 148 Å². The fourth-order valence-corrected chi connectivity index (χ4v) is 3.10. The van der Waals surface area contributed by atoms with Gasteiger partial charge in [0.05, 0.1) is 18.7 Å². The van der Waals surface area contributed by atoms with Gasteiger partial charge < -0.3 is 15.0 Å². The van der Waals surface area contributed by atoms with Gasteiger partial charge in [-0.25, -0.2) is 9.97 Å². The summed E-state index contributed by atoms with van der Waals surface area (Å²) < 4.78 is 8.12. The van der Waals surface area contributed by atoms with E-state index in [1.54, 1.807) is 0 Å². The van der Waals surface area contributed by atoms with Crippen molar-refractivity contribution in [3.05, 3.63) is 53.0 Å². The summed E-state index contributed by atoms with van der Waals surface area (Å²) in [5, 5.41) is 0. The first-order valence-corrected chi connectivity index (χ1v) is 8.73. The number of hydrogen-bond acceptors (Lipinski definition) is 4. The molecule has 3 aromatic rings. The molecule has 0 saturated heterocycles. The Bertz CT molecular complexity index is 869. The van der Waals surface area contributed by atoms with Crippen LogP contribution in [0, 0.1) is 13.8 Å². The van der Waals surface area contributed by atoms with Crippen LogP contribution in [-0.2, 0) is 17.9 Å². The van der Waals surface area contributed by atoms with Crippen molar-refractivity contribution in [1.82, 2.24) is 14.5 Å². The zero-order chi connectivity index (χ0) is 18.0. The SMILES string of the molecule is Cc1nc(N)c2nc(C(C)C)n(CCOCc3ccccc3)c2c1C. The fraction of sp³-hybridized carbons (Fsp3) is 0.400. The number of aryl methyl sites for hydroxylation is 2. The maximum atomic E-state index is 6.12. The normalized spacial score (nSPS) is 11.6. The third-order valence-corrected chi connectivity index (χ3v) is 4.51. The molecule has 132 valence electrons. The van der Waals surface area contributed by atoms with Crippen molar-refractivity contribution >= 4 is 16.9 Å². The van der Waals surface area contributed by atoms with Gasteiger partial charge in [0.15, 0.2) is 5.82 Å². The quantitative estimate of drug-likeness (QED) is 0.691. The first-order valence-electron chi connectivity index (χ1n) is 8.73. The van der Waals surface area contributed by atoms with Gasteiger partial charge in [0.25, 0.3) is 0 Å². The van der Waals surface area contributed by atoms with Crippen molar-refractivity contribution in [2.75, 3.05) is 12.3 Å². The van der Waals surface area contributed by atoms with Gasteiger partial charge in [-0.3, -0.25) is 0 Å². The monoisotopic (exact) mass is 338 g/mol. The van der Waals surface area contributed by atoms with E-state index in [2.05, 4.69) is 42.5 Å². The summed E-state index contributed by atoms with van der Waals surface area (Å²) in [5.41, 5.74) is 11.3. The molecular formula is C20H26N4O. The second kappa shape index (κ2) is 7.23. The standard InChI is InChI=1S/C20H26N4O/c1-13(2)20-23-17-18(14(3)15(4)22-19(17)21)24(20)10-11-25-12-16-8-6-5-7-9-16/h5-9,13H,10-12H2,1-4H3,(H2,21,22). The number of pyridine rings is 1. The Balaban J connectivity index is 1.85. The highest BCUT2D eigenvalue weighted by molar-refractivity contribution is 5.88. The highest BCUT2D eigenvalue weighted by Crippen LogP contribution is 2.28. The minimum Gasteiger partial charge on any atom is -0.382 e. The lowest BCUT2D eigenvalue weighted by atomic mass is 10.2. The molecular weight excluding hydrogens is 312 g/mol. The second-order valence-electron chi connectivity index (χ2n) is 6.72. The van der Waals surface area contributed by atoms with Crippen LogP contribution < -0.4 is 5.73 Å². The first kappa shape index (κ1) is 17.4. The molecule has 0 atom stereocenters. The van der Waals surface area contributed by atoms with Gasteiger partial charge in [-0.1, -0.05) is 44.2 Å². The lowest BCUT2D eigenvalue weighted by Gasteiger charge is -2.13. The fourth-order valence-electron chi connectivity index (χ4n) is 3.10. The Morgan fingerprint density at radius 3 is 2.52 bits per heavy atom. The van der Waals surface area contributed by atoms with Crippen LogP contribution in [-0.4, -0.2) is 21.1 Å². The number of rotatable bonds is 6. The average Bonchev–Trinajstić information content (AvgIpc) is 2.98. The van der Waals surface area contributed by atoms with E-state index in [-0.39, 0.29) is 0 Å². The van der Waals surface area contributed by atoms with Crippen molar-refractivity contribution < 1.29 is 4.74 Å². The lowest BCUT2D eigenvalue weighted by molar-refractivity contribution is 0.113. The number of ether oxygens (including phenoxy) is 1. The molecule has 3 rings (SSSR count). The van der Waals surface area contributed by atoms with Gasteiger partial charge in [0.2, 0.25) is 0 Å². The van der Waals surface area contributed by atoms with E-state index in [0.29, 0.717) is 24.9 Å². The molecule has 5 nitrogen and oxygen atoms in total. The Hall–Kier alpha value is -2.40. The van der Waals surface area contributed by atoms with Gasteiger partial charge in [0, 0.05) is 18.2 Å². The third kappa shape index (κ3) is 3.51. The van der Waals surface area contributed by atoms with Crippen molar-refractivity contribution in [3.8, 4) is 0 Å². The number of imidazole rings is 1. The number of benzene rings is 1. The summed E-state index contributed by atoms with van der Waals surface area (Å²) in [7, 11) is 0. The van der Waals surface area contributed by atoms with Gasteiger partial charge in [-0.15, -0.1) is 0 Å². The van der Waals surface area contributed by atoms with E-state index in [4.69, 9.17) is 15.5 Å². The zero-order valence-corrected chi connectivity index (χ0v) is 15.4. The number of nitrogen functional groups attached to an aromatic ring is 1. The molecule has 0 radical (unpaired) electrons. The number of nitrogens with zero attached hydrogens (tertiary/aromatic N) is 3. The third-order valence-electron chi connectivity index (χ3n) is 4.51. The number of nitrogens with two attached hydrogens (primary N) is 1. The molecule has 2 heterocycles. The summed E-state index contributed by atoms with van der Waals surface area (Å²) in [6.07, 6.45) is 0. The topological polar surface area (TPSA) is 66.0 Å². The maximum absolute atomic E-state index is 6.12. The molecule has 0 bridgehead atoms. The minimum absolute atomic E-state index is 0.306. The lowest BCUT2D eigenvalue weighted by Crippen LogP contribution is -2.11. The van der Waals surface area contributed by atoms with Crippen LogP contribution in [0.2, 0.25) is 0 Å². The predicted molar refractivity (Wildman–Crippen MR) is 102 cm³/mol. The van der Waals surface area contributed by atoms with Gasteiger partial charge in [0.1, 0.15) is 11.3 Å². The molecule has 0 unspecified atom stereocenters. The molecule has 0 aliphatic heterocycles. The predicted octanol–water partition coefficient (Wildman–Crippen LogP) is 3.97.